The maximum atomic E-state index is 5.39. The summed E-state index contributed by atoms with van der Waals surface area (Å²) in [7, 11) is 1.59. The molecule has 0 spiro atoms. The monoisotopic (exact) mass is 306 g/mol. The molecule has 0 bridgehead atoms. The molecule has 0 fully saturated rings. The van der Waals surface area contributed by atoms with Crippen LogP contribution in [0.3, 0.4) is 0 Å². The highest BCUT2D eigenvalue weighted by Crippen LogP contribution is 2.25. The summed E-state index contributed by atoms with van der Waals surface area (Å²) in [5, 5.41) is 0. The van der Waals surface area contributed by atoms with E-state index >= 15 is 0 Å². The third-order valence-electron chi connectivity index (χ3n) is 3.25. The third kappa shape index (κ3) is 2.12. The van der Waals surface area contributed by atoms with Gasteiger partial charge in [0, 0.05) is 9.75 Å². The van der Waals surface area contributed by atoms with E-state index in [-0.39, 0.29) is 0 Å². The summed E-state index contributed by atoms with van der Waals surface area (Å²) in [5.41, 5.74) is 2.82. The molecule has 7 heteroatoms. The van der Waals surface area contributed by atoms with Crippen LogP contribution in [0.4, 0.5) is 0 Å². The van der Waals surface area contributed by atoms with Crippen LogP contribution in [0.1, 0.15) is 15.3 Å². The number of hydrogen-bond donors (Lipinski definition) is 1. The fraction of sp³-hybridized carbons (Fsp3) is 0.308. The SMILES string of the molecule is COc1ncnc2c1[nH]c(=S)n2Cc1cc(C)c(C)s1. The lowest BCUT2D eigenvalue weighted by Crippen LogP contribution is -1.99. The summed E-state index contributed by atoms with van der Waals surface area (Å²) < 4.78 is 7.83. The minimum absolute atomic E-state index is 0.512. The summed E-state index contributed by atoms with van der Waals surface area (Å²) in [5.74, 6) is 0.512. The summed E-state index contributed by atoms with van der Waals surface area (Å²) in [4.78, 5) is 14.1. The molecule has 0 aliphatic heterocycles. The Bertz CT molecular complexity index is 811. The Balaban J connectivity index is 2.12. The molecular weight excluding hydrogens is 292 g/mol. The van der Waals surface area contributed by atoms with Gasteiger partial charge in [0.1, 0.15) is 11.8 Å². The maximum Gasteiger partial charge on any atom is 0.242 e. The number of nitrogens with one attached hydrogen (secondary N) is 1. The van der Waals surface area contributed by atoms with Crippen molar-refractivity contribution in [1.82, 2.24) is 19.5 Å². The Morgan fingerprint density at radius 3 is 2.85 bits per heavy atom. The molecule has 20 heavy (non-hydrogen) atoms. The molecule has 0 radical (unpaired) electrons. The zero-order valence-corrected chi connectivity index (χ0v) is 13.1. The third-order valence-corrected chi connectivity index (χ3v) is 4.71. The Labute approximate surface area is 125 Å². The van der Waals surface area contributed by atoms with Gasteiger partial charge in [-0.25, -0.2) is 4.98 Å². The predicted molar refractivity (Wildman–Crippen MR) is 82.2 cm³/mol. The molecule has 0 amide bonds. The van der Waals surface area contributed by atoms with Gasteiger partial charge in [0.15, 0.2) is 10.4 Å². The number of ether oxygens (including phenoxy) is 1. The van der Waals surface area contributed by atoms with E-state index in [1.54, 1.807) is 18.4 Å². The number of hydrogen-bond acceptors (Lipinski definition) is 5. The first-order chi connectivity index (χ1) is 9.60. The number of aryl methyl sites for hydroxylation is 2. The van der Waals surface area contributed by atoms with Gasteiger partial charge in [0.25, 0.3) is 0 Å². The molecule has 0 atom stereocenters. The average molecular weight is 306 g/mol. The largest absolute Gasteiger partial charge is 0.479 e. The number of fused-ring (bicyclic) bond motifs is 1. The van der Waals surface area contributed by atoms with Crippen molar-refractivity contribution in [1.29, 1.82) is 0 Å². The molecule has 5 nitrogen and oxygen atoms in total. The molecule has 104 valence electrons. The first-order valence-electron chi connectivity index (χ1n) is 6.13. The number of rotatable bonds is 3. The number of methoxy groups -OCH3 is 1. The van der Waals surface area contributed by atoms with Crippen LogP contribution in [0.25, 0.3) is 11.2 Å². The minimum Gasteiger partial charge on any atom is -0.479 e. The predicted octanol–water partition coefficient (Wildman–Crippen LogP) is 3.22. The van der Waals surface area contributed by atoms with Crippen molar-refractivity contribution < 1.29 is 4.74 Å². The highest BCUT2D eigenvalue weighted by molar-refractivity contribution is 7.71. The van der Waals surface area contributed by atoms with E-state index in [4.69, 9.17) is 17.0 Å². The van der Waals surface area contributed by atoms with Gasteiger partial charge in [-0.15, -0.1) is 11.3 Å². The second-order valence-electron chi connectivity index (χ2n) is 4.55. The van der Waals surface area contributed by atoms with E-state index in [2.05, 4.69) is 34.9 Å². The van der Waals surface area contributed by atoms with Gasteiger partial charge in [-0.1, -0.05) is 0 Å². The van der Waals surface area contributed by atoms with Crippen LogP contribution in [-0.2, 0) is 6.54 Å². The normalized spacial score (nSPS) is 11.2. The first-order valence-corrected chi connectivity index (χ1v) is 7.36. The number of thiophene rings is 1. The van der Waals surface area contributed by atoms with Gasteiger partial charge in [0.05, 0.1) is 13.7 Å². The summed E-state index contributed by atoms with van der Waals surface area (Å²) in [6.45, 7) is 4.95. The van der Waals surface area contributed by atoms with E-state index in [0.717, 1.165) is 11.2 Å². The Morgan fingerprint density at radius 2 is 2.20 bits per heavy atom. The molecule has 0 aliphatic carbocycles. The minimum atomic E-state index is 0.512. The summed E-state index contributed by atoms with van der Waals surface area (Å²) in [6.07, 6.45) is 1.49. The van der Waals surface area contributed by atoms with Crippen molar-refractivity contribution in [3.8, 4) is 5.88 Å². The van der Waals surface area contributed by atoms with Gasteiger partial charge < -0.3 is 9.72 Å². The van der Waals surface area contributed by atoms with Crippen LogP contribution < -0.4 is 4.74 Å². The fourth-order valence-corrected chi connectivity index (χ4v) is 3.43. The molecule has 3 aromatic rings. The van der Waals surface area contributed by atoms with E-state index < -0.39 is 0 Å². The highest BCUT2D eigenvalue weighted by atomic mass is 32.1. The zero-order valence-electron chi connectivity index (χ0n) is 11.4. The lowest BCUT2D eigenvalue weighted by Gasteiger charge is -2.02. The second kappa shape index (κ2) is 4.99. The highest BCUT2D eigenvalue weighted by Gasteiger charge is 2.12. The number of aromatic amines is 1. The average Bonchev–Trinajstić information content (AvgIpc) is 2.91. The number of nitrogens with zero attached hydrogens (tertiary/aromatic N) is 3. The Kier molecular flexibility index (Phi) is 3.31. The van der Waals surface area contributed by atoms with Gasteiger partial charge >= 0.3 is 0 Å². The van der Waals surface area contributed by atoms with Crippen molar-refractivity contribution in [2.75, 3.05) is 7.11 Å². The molecule has 1 N–H and O–H groups in total. The molecule has 0 aliphatic rings. The van der Waals surface area contributed by atoms with E-state index in [1.165, 1.54) is 21.6 Å². The van der Waals surface area contributed by atoms with Crippen LogP contribution in [0.5, 0.6) is 5.88 Å². The van der Waals surface area contributed by atoms with E-state index in [9.17, 15) is 0 Å². The van der Waals surface area contributed by atoms with E-state index in [1.807, 2.05) is 4.57 Å². The number of aromatic nitrogens is 4. The molecule has 0 aromatic carbocycles. The second-order valence-corrected chi connectivity index (χ2v) is 6.28. The Hall–Kier alpha value is -1.73. The summed E-state index contributed by atoms with van der Waals surface area (Å²) in [6, 6.07) is 2.19. The van der Waals surface area contributed by atoms with Gasteiger partial charge in [-0.05, 0) is 37.7 Å². The van der Waals surface area contributed by atoms with Crippen LogP contribution in [0.15, 0.2) is 12.4 Å². The van der Waals surface area contributed by atoms with Gasteiger partial charge in [-0.2, -0.15) is 4.98 Å². The fourth-order valence-electron chi connectivity index (χ4n) is 2.13. The van der Waals surface area contributed by atoms with Crippen molar-refractivity contribution in [2.45, 2.75) is 20.4 Å². The molecule has 3 aromatic heterocycles. The van der Waals surface area contributed by atoms with Crippen LogP contribution in [0, 0.1) is 18.6 Å². The van der Waals surface area contributed by atoms with E-state index in [0.29, 0.717) is 17.2 Å². The summed E-state index contributed by atoms with van der Waals surface area (Å²) >= 11 is 7.17. The number of H-pyrrole nitrogens is 1. The zero-order chi connectivity index (χ0) is 14.3. The smallest absolute Gasteiger partial charge is 0.242 e. The molecular formula is C13H14N4OS2. The quantitative estimate of drug-likeness (QED) is 0.755. The van der Waals surface area contributed by atoms with Crippen molar-refractivity contribution >= 4 is 34.7 Å². The van der Waals surface area contributed by atoms with Crippen LogP contribution >= 0.6 is 23.6 Å². The van der Waals surface area contributed by atoms with Crippen molar-refractivity contribution in [3.05, 3.63) is 32.5 Å². The van der Waals surface area contributed by atoms with Gasteiger partial charge in [-0.3, -0.25) is 4.57 Å². The standard InChI is InChI=1S/C13H14N4OS2/c1-7-4-9(20-8(7)2)5-17-11-10(16-13(17)19)12(18-3)15-6-14-11/h4,6H,5H2,1-3H3,(H,16,19). The molecule has 0 saturated heterocycles. The molecule has 3 heterocycles. The van der Waals surface area contributed by atoms with Crippen LogP contribution in [-0.4, -0.2) is 26.6 Å². The first kappa shape index (κ1) is 13.3. The molecule has 3 rings (SSSR count). The molecule has 0 unspecified atom stereocenters. The van der Waals surface area contributed by atoms with Crippen molar-refractivity contribution in [3.63, 3.8) is 0 Å². The van der Waals surface area contributed by atoms with Crippen molar-refractivity contribution in [2.24, 2.45) is 0 Å². The lowest BCUT2D eigenvalue weighted by molar-refractivity contribution is 0.401. The number of imidazole rings is 1. The molecule has 0 saturated carbocycles. The lowest BCUT2D eigenvalue weighted by atomic mass is 10.3. The Morgan fingerprint density at radius 1 is 1.40 bits per heavy atom. The topological polar surface area (TPSA) is 55.7 Å². The maximum absolute atomic E-state index is 5.39. The van der Waals surface area contributed by atoms with Crippen LogP contribution in [0.2, 0.25) is 0 Å². The van der Waals surface area contributed by atoms with Gasteiger partial charge in [0.2, 0.25) is 5.88 Å².